The number of anilines is 1. The van der Waals surface area contributed by atoms with Crippen molar-refractivity contribution < 1.29 is 42.5 Å². The van der Waals surface area contributed by atoms with E-state index < -0.39 is 68.3 Å². The molecule has 0 radical (unpaired) electrons. The fourth-order valence-corrected chi connectivity index (χ4v) is 6.04. The molecule has 3 aromatic rings. The molecule has 43 heavy (non-hydrogen) atoms. The Morgan fingerprint density at radius 2 is 1.84 bits per heavy atom. The number of aromatic nitrogens is 3. The predicted octanol–water partition coefficient (Wildman–Crippen LogP) is 3.20. The van der Waals surface area contributed by atoms with Gasteiger partial charge in [-0.1, -0.05) is 32.0 Å². The Labute approximate surface area is 249 Å². The number of benzene rings is 1. The molecule has 0 aliphatic carbocycles. The Morgan fingerprint density at radius 1 is 1.14 bits per heavy atom. The number of hydrogen-bond donors (Lipinski definition) is 3. The maximum Gasteiger partial charge on any atom is 0.459 e. The highest BCUT2D eigenvalue weighted by atomic mass is 31.2. The van der Waals surface area contributed by atoms with Crippen molar-refractivity contribution in [3.8, 4) is 5.75 Å². The molecule has 1 aromatic carbocycles. The molecule has 4 N–H and O–H groups in total. The Balaban J connectivity index is 1.64. The summed E-state index contributed by atoms with van der Waals surface area (Å²) in [5.41, 5.74) is 5.09. The quantitative estimate of drug-likeness (QED) is 0.198. The smallest absolute Gasteiger partial charge is 0.459 e. The summed E-state index contributed by atoms with van der Waals surface area (Å²) in [7, 11) is -4.29. The SMILES string of the molecule is CC(C)OC(=O)[C@@H](C)NP(=O)(OC[C@H]1O[C@@H](c2ccc3c(N)ncnn23)[C@](C)(O)[C@@H]1OC(=O)C(C)C)Oc1ccccc1. The standard InChI is InChI=1S/C28H38N5O9P/c1-16(2)26(34)41-24-22(40-23(28(24,6)36)20-12-13-21-25(29)30-15-31-33(20)21)14-38-43(37,42-19-10-8-7-9-11-19)32-18(5)27(35)39-17(3)4/h7-13,15-18,22-24,36H,14H2,1-6H3,(H,32,37)(H2,29,30,31)/t18-,22-,23+,24-,28+,43?/m1/s1. The zero-order chi connectivity index (χ0) is 31.5. The average Bonchev–Trinajstić information content (AvgIpc) is 3.46. The summed E-state index contributed by atoms with van der Waals surface area (Å²) in [4.78, 5) is 29.2. The van der Waals surface area contributed by atoms with Gasteiger partial charge in [0.05, 0.1) is 24.3 Å². The van der Waals surface area contributed by atoms with Crippen molar-refractivity contribution in [3.63, 3.8) is 0 Å². The average molecular weight is 620 g/mol. The number of carbonyl (C=O) groups is 2. The number of ether oxygens (including phenoxy) is 3. The number of rotatable bonds is 12. The van der Waals surface area contributed by atoms with Crippen LogP contribution in [0.2, 0.25) is 0 Å². The number of para-hydroxylation sites is 1. The molecule has 1 aliphatic rings. The van der Waals surface area contributed by atoms with Gasteiger partial charge in [0.25, 0.3) is 0 Å². The molecule has 1 unspecified atom stereocenters. The molecule has 234 valence electrons. The normalized spacial score (nSPS) is 24.2. The fraction of sp³-hybridized carbons (Fsp3) is 0.500. The van der Waals surface area contributed by atoms with Crippen LogP contribution in [0.1, 0.15) is 53.3 Å². The number of nitrogen functional groups attached to an aromatic ring is 1. The van der Waals surface area contributed by atoms with Gasteiger partial charge in [-0.05, 0) is 52.0 Å². The molecule has 0 amide bonds. The zero-order valence-electron chi connectivity index (χ0n) is 24.9. The molecular formula is C28H38N5O9P. The van der Waals surface area contributed by atoms with Gasteiger partial charge in [0.1, 0.15) is 41.4 Å². The van der Waals surface area contributed by atoms with Gasteiger partial charge in [0, 0.05) is 0 Å². The third-order valence-electron chi connectivity index (χ3n) is 6.68. The molecule has 3 heterocycles. The summed E-state index contributed by atoms with van der Waals surface area (Å²) in [5, 5.41) is 18.6. The van der Waals surface area contributed by atoms with Crippen LogP contribution in [0, 0.1) is 5.92 Å². The van der Waals surface area contributed by atoms with Gasteiger partial charge in [-0.25, -0.2) is 14.1 Å². The van der Waals surface area contributed by atoms with Crippen LogP contribution in [0.3, 0.4) is 0 Å². The van der Waals surface area contributed by atoms with Crippen LogP contribution in [0.25, 0.3) is 5.52 Å². The number of carbonyl (C=O) groups excluding carboxylic acids is 2. The molecule has 0 spiro atoms. The van der Waals surface area contributed by atoms with E-state index in [1.54, 1.807) is 70.2 Å². The minimum Gasteiger partial charge on any atom is -0.462 e. The summed E-state index contributed by atoms with van der Waals surface area (Å²) in [5.74, 6) is -1.34. The summed E-state index contributed by atoms with van der Waals surface area (Å²) < 4.78 is 44.2. The molecule has 1 fully saturated rings. The van der Waals surface area contributed by atoms with E-state index in [1.165, 1.54) is 24.7 Å². The van der Waals surface area contributed by atoms with Crippen molar-refractivity contribution in [3.05, 3.63) is 54.5 Å². The zero-order valence-corrected chi connectivity index (χ0v) is 25.8. The summed E-state index contributed by atoms with van der Waals surface area (Å²) in [6.45, 7) is 9.14. The van der Waals surface area contributed by atoms with Crippen LogP contribution in [0.15, 0.2) is 48.8 Å². The van der Waals surface area contributed by atoms with E-state index in [9.17, 15) is 19.3 Å². The summed E-state index contributed by atoms with van der Waals surface area (Å²) >= 11 is 0. The third kappa shape index (κ3) is 7.34. The first-order chi connectivity index (χ1) is 20.2. The summed E-state index contributed by atoms with van der Waals surface area (Å²) in [6.07, 6.45) is -2.60. The van der Waals surface area contributed by atoms with Gasteiger partial charge >= 0.3 is 19.7 Å². The van der Waals surface area contributed by atoms with Gasteiger partial charge < -0.3 is 29.6 Å². The van der Waals surface area contributed by atoms with Gasteiger partial charge in [0.2, 0.25) is 0 Å². The molecule has 0 saturated carbocycles. The van der Waals surface area contributed by atoms with Crippen LogP contribution in [0.4, 0.5) is 5.82 Å². The van der Waals surface area contributed by atoms with Crippen molar-refractivity contribution in [2.75, 3.05) is 12.3 Å². The summed E-state index contributed by atoms with van der Waals surface area (Å²) in [6, 6.07) is 10.5. The number of esters is 2. The van der Waals surface area contributed by atoms with E-state index >= 15 is 0 Å². The number of nitrogens with zero attached hydrogens (tertiary/aromatic N) is 3. The van der Waals surface area contributed by atoms with E-state index in [2.05, 4.69) is 15.2 Å². The fourth-order valence-electron chi connectivity index (χ4n) is 4.54. The van der Waals surface area contributed by atoms with Crippen molar-refractivity contribution in [2.24, 2.45) is 5.92 Å². The molecule has 15 heteroatoms. The second kappa shape index (κ2) is 13.0. The Morgan fingerprint density at radius 3 is 2.49 bits per heavy atom. The van der Waals surface area contributed by atoms with Gasteiger partial charge in [0.15, 0.2) is 11.9 Å². The molecular weight excluding hydrogens is 581 g/mol. The lowest BCUT2D eigenvalue weighted by Gasteiger charge is -2.30. The van der Waals surface area contributed by atoms with Gasteiger partial charge in [-0.3, -0.25) is 14.1 Å². The minimum absolute atomic E-state index is 0.208. The van der Waals surface area contributed by atoms with Crippen LogP contribution < -0.4 is 15.3 Å². The predicted molar refractivity (Wildman–Crippen MR) is 155 cm³/mol. The molecule has 0 bridgehead atoms. The third-order valence-corrected chi connectivity index (χ3v) is 8.33. The highest BCUT2D eigenvalue weighted by molar-refractivity contribution is 7.52. The second-order valence-corrected chi connectivity index (χ2v) is 12.7. The van der Waals surface area contributed by atoms with Crippen LogP contribution >= 0.6 is 7.75 Å². The van der Waals surface area contributed by atoms with Crippen molar-refractivity contribution >= 4 is 31.0 Å². The second-order valence-electron chi connectivity index (χ2n) is 11.0. The number of nitrogens with one attached hydrogen (secondary N) is 1. The first kappa shape index (κ1) is 32.4. The van der Waals surface area contributed by atoms with Crippen LogP contribution in [0.5, 0.6) is 5.75 Å². The van der Waals surface area contributed by atoms with Crippen molar-refractivity contribution in [2.45, 2.75) is 77.6 Å². The first-order valence-corrected chi connectivity index (χ1v) is 15.4. The molecule has 14 nitrogen and oxygen atoms in total. The monoisotopic (exact) mass is 619 g/mol. The van der Waals surface area contributed by atoms with E-state index in [0.29, 0.717) is 11.2 Å². The topological polar surface area (TPSA) is 186 Å². The Hall–Kier alpha value is -3.55. The van der Waals surface area contributed by atoms with E-state index in [1.807, 2.05) is 0 Å². The Kier molecular flexibility index (Phi) is 9.77. The van der Waals surface area contributed by atoms with Crippen molar-refractivity contribution in [1.82, 2.24) is 19.7 Å². The van der Waals surface area contributed by atoms with Crippen LogP contribution in [-0.2, 0) is 32.9 Å². The first-order valence-electron chi connectivity index (χ1n) is 13.9. The molecule has 1 saturated heterocycles. The lowest BCUT2D eigenvalue weighted by molar-refractivity contribution is -0.166. The van der Waals surface area contributed by atoms with E-state index in [4.69, 9.17) is 29.0 Å². The largest absolute Gasteiger partial charge is 0.462 e. The lowest BCUT2D eigenvalue weighted by Crippen LogP contribution is -2.47. The maximum atomic E-state index is 14.0. The number of fused-ring (bicyclic) bond motifs is 1. The number of nitrogens with two attached hydrogens (primary N) is 1. The molecule has 1 aliphatic heterocycles. The highest BCUT2D eigenvalue weighted by Crippen LogP contribution is 2.48. The van der Waals surface area contributed by atoms with Crippen LogP contribution in [-0.4, -0.2) is 68.2 Å². The minimum atomic E-state index is -4.29. The number of aliphatic hydroxyl groups is 1. The van der Waals surface area contributed by atoms with E-state index in [0.717, 1.165) is 0 Å². The Bertz CT molecular complexity index is 1480. The molecule has 2 aromatic heterocycles. The maximum absolute atomic E-state index is 14.0. The number of hydrogen-bond acceptors (Lipinski definition) is 12. The van der Waals surface area contributed by atoms with Gasteiger partial charge in [-0.15, -0.1) is 0 Å². The highest BCUT2D eigenvalue weighted by Gasteiger charge is 2.57. The lowest BCUT2D eigenvalue weighted by atomic mass is 9.91. The van der Waals surface area contributed by atoms with E-state index in [-0.39, 0.29) is 11.6 Å². The van der Waals surface area contributed by atoms with Gasteiger partial charge in [-0.2, -0.15) is 10.2 Å². The van der Waals surface area contributed by atoms with Crippen molar-refractivity contribution in [1.29, 1.82) is 0 Å². The molecule has 6 atom stereocenters. The molecule has 4 rings (SSSR count).